The Balaban J connectivity index is 1.53. The summed E-state index contributed by atoms with van der Waals surface area (Å²) in [4.78, 5) is 26.0. The normalized spacial score (nSPS) is 14.2. The topological polar surface area (TPSA) is 113 Å². The van der Waals surface area contributed by atoms with Crippen LogP contribution in [0.25, 0.3) is 0 Å². The van der Waals surface area contributed by atoms with Crippen LogP contribution in [0.2, 0.25) is 0 Å². The molecule has 3 rings (SSSR count). The number of rotatable bonds is 14. The van der Waals surface area contributed by atoms with Gasteiger partial charge >= 0.3 is 12.1 Å². The van der Waals surface area contributed by atoms with E-state index in [4.69, 9.17) is 9.72 Å². The summed E-state index contributed by atoms with van der Waals surface area (Å²) in [6, 6.07) is 3.85. The molecule has 12 heteroatoms. The first-order valence-electron chi connectivity index (χ1n) is 12.5. The highest BCUT2D eigenvalue weighted by Crippen LogP contribution is 2.29. The van der Waals surface area contributed by atoms with Crippen LogP contribution in [0.1, 0.15) is 48.5 Å². The van der Waals surface area contributed by atoms with Gasteiger partial charge in [0.05, 0.1) is 6.61 Å². The molecule has 3 N–H and O–H groups in total. The van der Waals surface area contributed by atoms with E-state index in [1.807, 2.05) is 0 Å². The Morgan fingerprint density at radius 1 is 1.22 bits per heavy atom. The number of hydrogen-bond donors (Lipinski definition) is 3. The van der Waals surface area contributed by atoms with Gasteiger partial charge in [-0.25, -0.2) is 19.7 Å². The number of aliphatic carboxylic acids is 1. The zero-order valence-corrected chi connectivity index (χ0v) is 21.3. The third-order valence-electron chi connectivity index (χ3n) is 6.20. The largest absolute Gasteiger partial charge is 0.480 e. The number of carboxylic acid groups (broad SMARTS) is 1. The molecule has 0 aliphatic carbocycles. The zero-order chi connectivity index (χ0) is 26.8. The fourth-order valence-electron chi connectivity index (χ4n) is 4.24. The lowest BCUT2D eigenvalue weighted by Gasteiger charge is -2.24. The molecule has 1 aliphatic rings. The minimum Gasteiger partial charge on any atom is -0.480 e. The summed E-state index contributed by atoms with van der Waals surface area (Å²) in [7, 11) is 1.60. The van der Waals surface area contributed by atoms with E-state index in [0.717, 1.165) is 62.8 Å². The Kier molecular flexibility index (Phi) is 10.4. The van der Waals surface area contributed by atoms with Crippen molar-refractivity contribution in [1.82, 2.24) is 19.9 Å². The maximum absolute atomic E-state index is 13.1. The van der Waals surface area contributed by atoms with Crippen LogP contribution in [-0.2, 0) is 28.5 Å². The molecule has 0 saturated heterocycles. The number of anilines is 2. The molecule has 1 aliphatic heterocycles. The van der Waals surface area contributed by atoms with Gasteiger partial charge in [-0.1, -0.05) is 6.07 Å². The predicted molar refractivity (Wildman–Crippen MR) is 134 cm³/mol. The Morgan fingerprint density at radius 3 is 2.76 bits per heavy atom. The van der Waals surface area contributed by atoms with Gasteiger partial charge in [-0.3, -0.25) is 0 Å². The number of unbranched alkanes of at least 4 members (excludes halogenated alkanes) is 1. The number of alkyl halides is 3. The second-order valence-electron chi connectivity index (χ2n) is 9.14. The lowest BCUT2D eigenvalue weighted by atomic mass is 10.1. The number of methoxy groups -OCH3 is 1. The molecule has 0 amide bonds. The van der Waals surface area contributed by atoms with E-state index in [0.29, 0.717) is 19.7 Å². The monoisotopic (exact) mass is 524 g/mol. The third-order valence-corrected chi connectivity index (χ3v) is 6.20. The van der Waals surface area contributed by atoms with Crippen molar-refractivity contribution in [3.63, 3.8) is 0 Å². The summed E-state index contributed by atoms with van der Waals surface area (Å²) in [5, 5.41) is 15.6. The van der Waals surface area contributed by atoms with Crippen LogP contribution >= 0.6 is 0 Å². The van der Waals surface area contributed by atoms with Gasteiger partial charge in [-0.05, 0) is 63.6 Å². The number of fused-ring (bicyclic) bond motifs is 1. The molecular formula is C25H35F3N6O3. The molecule has 37 heavy (non-hydrogen) atoms. The number of halogens is 3. The van der Waals surface area contributed by atoms with Crippen LogP contribution in [0.4, 0.5) is 24.8 Å². The van der Waals surface area contributed by atoms with E-state index in [-0.39, 0.29) is 18.1 Å². The van der Waals surface area contributed by atoms with Crippen molar-refractivity contribution < 1.29 is 27.8 Å². The molecule has 0 spiro atoms. The molecule has 0 saturated carbocycles. The number of aromatic nitrogens is 3. The highest BCUT2D eigenvalue weighted by molar-refractivity contribution is 5.76. The molecule has 1 atom stereocenters. The Morgan fingerprint density at radius 2 is 2.03 bits per heavy atom. The van der Waals surface area contributed by atoms with Gasteiger partial charge in [-0.15, -0.1) is 0 Å². The molecule has 1 unspecified atom stereocenters. The SMILES string of the molecule is COCCN(CCCCc1ccc2c(n1)NCCC2)CCC(Nc1cc(C(F)(F)F)nc(C)n1)C(=O)O. The molecule has 0 bridgehead atoms. The summed E-state index contributed by atoms with van der Waals surface area (Å²) in [6.45, 7) is 4.57. The van der Waals surface area contributed by atoms with Crippen LogP contribution in [-0.4, -0.2) is 76.9 Å². The highest BCUT2D eigenvalue weighted by Gasteiger charge is 2.33. The number of aryl methyl sites for hydroxylation is 3. The molecule has 2 aromatic rings. The fourth-order valence-corrected chi connectivity index (χ4v) is 4.24. The first-order chi connectivity index (χ1) is 17.7. The van der Waals surface area contributed by atoms with E-state index in [1.165, 1.54) is 12.5 Å². The number of ether oxygens (including phenoxy) is 1. The van der Waals surface area contributed by atoms with Crippen molar-refractivity contribution in [1.29, 1.82) is 0 Å². The molecule has 0 fully saturated rings. The Hall–Kier alpha value is -2.99. The Labute approximate surface area is 214 Å². The molecular weight excluding hydrogens is 489 g/mol. The smallest absolute Gasteiger partial charge is 0.433 e. The molecule has 0 radical (unpaired) electrons. The number of carbonyl (C=O) groups is 1. The van der Waals surface area contributed by atoms with Crippen LogP contribution in [0.15, 0.2) is 18.2 Å². The van der Waals surface area contributed by atoms with E-state index in [2.05, 4.69) is 37.6 Å². The van der Waals surface area contributed by atoms with Gasteiger partial charge in [0, 0.05) is 38.5 Å². The number of nitrogens with zero attached hydrogens (tertiary/aromatic N) is 4. The number of pyridine rings is 1. The van der Waals surface area contributed by atoms with E-state index >= 15 is 0 Å². The fraction of sp³-hybridized carbons (Fsp3) is 0.600. The predicted octanol–water partition coefficient (Wildman–Crippen LogP) is 3.78. The Bertz CT molecular complexity index is 1040. The minimum atomic E-state index is -4.65. The lowest BCUT2D eigenvalue weighted by molar-refractivity contribution is -0.141. The maximum atomic E-state index is 13.1. The second-order valence-corrected chi connectivity index (χ2v) is 9.14. The number of carboxylic acids is 1. The average Bonchev–Trinajstić information content (AvgIpc) is 2.85. The molecule has 204 valence electrons. The van der Waals surface area contributed by atoms with Crippen LogP contribution < -0.4 is 10.6 Å². The van der Waals surface area contributed by atoms with Gasteiger partial charge < -0.3 is 25.4 Å². The van der Waals surface area contributed by atoms with Crippen molar-refractivity contribution in [3.05, 3.63) is 41.0 Å². The number of hydrogen-bond acceptors (Lipinski definition) is 8. The summed E-state index contributed by atoms with van der Waals surface area (Å²) in [5.74, 6) is -0.433. The van der Waals surface area contributed by atoms with E-state index < -0.39 is 23.9 Å². The summed E-state index contributed by atoms with van der Waals surface area (Å²) in [5.41, 5.74) is 1.19. The summed E-state index contributed by atoms with van der Waals surface area (Å²) >= 11 is 0. The first-order valence-corrected chi connectivity index (χ1v) is 12.5. The minimum absolute atomic E-state index is 0.0904. The summed E-state index contributed by atoms with van der Waals surface area (Å²) < 4.78 is 44.5. The van der Waals surface area contributed by atoms with E-state index in [1.54, 1.807) is 7.11 Å². The van der Waals surface area contributed by atoms with Gasteiger partial charge in [-0.2, -0.15) is 13.2 Å². The van der Waals surface area contributed by atoms with Gasteiger partial charge in [0.2, 0.25) is 0 Å². The second kappa shape index (κ2) is 13.5. The quantitative estimate of drug-likeness (QED) is 0.318. The molecule has 3 heterocycles. The maximum Gasteiger partial charge on any atom is 0.433 e. The van der Waals surface area contributed by atoms with Crippen molar-refractivity contribution >= 4 is 17.6 Å². The average molecular weight is 525 g/mol. The molecule has 0 aromatic carbocycles. The van der Waals surface area contributed by atoms with E-state index in [9.17, 15) is 23.1 Å². The first kappa shape index (κ1) is 28.6. The van der Waals surface area contributed by atoms with Crippen LogP contribution in [0, 0.1) is 6.92 Å². The standard InChI is InChI=1S/C25H35F3N6O3/c1-17-30-21(25(26,27)28)16-22(31-17)33-20(24(35)36)10-13-34(14-15-37-2)12-4-3-7-19-9-8-18-6-5-11-29-23(18)32-19/h8-9,16,20H,3-7,10-15H2,1-2H3,(H,29,32)(H,35,36)(H,30,31,33). The molecule has 2 aromatic heterocycles. The third kappa shape index (κ3) is 9.12. The van der Waals surface area contributed by atoms with Gasteiger partial charge in [0.1, 0.15) is 29.2 Å². The van der Waals surface area contributed by atoms with Crippen molar-refractivity contribution in [3.8, 4) is 0 Å². The lowest BCUT2D eigenvalue weighted by Crippen LogP contribution is -2.37. The van der Waals surface area contributed by atoms with Crippen molar-refractivity contribution in [2.24, 2.45) is 0 Å². The van der Waals surface area contributed by atoms with Gasteiger partial charge in [0.25, 0.3) is 0 Å². The van der Waals surface area contributed by atoms with Crippen LogP contribution in [0.3, 0.4) is 0 Å². The van der Waals surface area contributed by atoms with Crippen LogP contribution in [0.5, 0.6) is 0 Å². The summed E-state index contributed by atoms with van der Waals surface area (Å²) in [6.07, 6.45) is 0.373. The highest BCUT2D eigenvalue weighted by atomic mass is 19.4. The molecule has 9 nitrogen and oxygen atoms in total. The number of nitrogens with one attached hydrogen (secondary N) is 2. The van der Waals surface area contributed by atoms with Gasteiger partial charge in [0.15, 0.2) is 0 Å². The van der Waals surface area contributed by atoms with Crippen molar-refractivity contribution in [2.75, 3.05) is 50.5 Å². The zero-order valence-electron chi connectivity index (χ0n) is 21.3. The van der Waals surface area contributed by atoms with Crippen molar-refractivity contribution in [2.45, 2.75) is 57.7 Å².